The molecule has 1 saturated carbocycles. The van der Waals surface area contributed by atoms with E-state index in [-0.39, 0.29) is 0 Å². The molecule has 1 heterocycles. The second kappa shape index (κ2) is 6.87. The largest absolute Gasteiger partial charge is 0.313 e. The van der Waals surface area contributed by atoms with Crippen LogP contribution in [0, 0.1) is 0 Å². The van der Waals surface area contributed by atoms with E-state index in [1.165, 1.54) is 64.0 Å². The molecule has 2 fully saturated rings. The Hall–Kier alpha value is 0.270. The summed E-state index contributed by atoms with van der Waals surface area (Å²) in [5, 5.41) is 4.57. The van der Waals surface area contributed by atoms with Gasteiger partial charge in [0, 0.05) is 43.2 Å². The van der Waals surface area contributed by atoms with E-state index >= 15 is 0 Å². The van der Waals surface area contributed by atoms with Crippen LogP contribution < -0.4 is 5.32 Å². The Morgan fingerprint density at radius 2 is 2.06 bits per heavy atom. The summed E-state index contributed by atoms with van der Waals surface area (Å²) in [6.45, 7) is 7.38. The third kappa shape index (κ3) is 4.27. The molecule has 1 aliphatic carbocycles. The Bertz CT molecular complexity index is 192. The van der Waals surface area contributed by atoms with Gasteiger partial charge < -0.3 is 10.2 Å². The van der Waals surface area contributed by atoms with Gasteiger partial charge in [-0.2, -0.15) is 11.8 Å². The van der Waals surface area contributed by atoms with Gasteiger partial charge >= 0.3 is 0 Å². The summed E-state index contributed by atoms with van der Waals surface area (Å²) in [6, 6.07) is 0.824. The molecule has 0 spiro atoms. The monoisotopic (exact) mass is 242 g/mol. The molecule has 2 nitrogen and oxygen atoms in total. The van der Waals surface area contributed by atoms with Gasteiger partial charge in [-0.15, -0.1) is 0 Å². The minimum atomic E-state index is 0.824. The van der Waals surface area contributed by atoms with Crippen molar-refractivity contribution in [1.82, 2.24) is 10.2 Å². The van der Waals surface area contributed by atoms with Crippen molar-refractivity contribution < 1.29 is 0 Å². The van der Waals surface area contributed by atoms with Crippen molar-refractivity contribution >= 4 is 11.8 Å². The minimum absolute atomic E-state index is 0.824. The first-order chi connectivity index (χ1) is 7.84. The molecule has 0 aromatic rings. The van der Waals surface area contributed by atoms with Crippen LogP contribution >= 0.6 is 11.8 Å². The molecule has 94 valence electrons. The lowest BCUT2D eigenvalue weighted by molar-refractivity contribution is 0.272. The highest BCUT2D eigenvalue weighted by molar-refractivity contribution is 7.99. The van der Waals surface area contributed by atoms with Crippen molar-refractivity contribution in [3.63, 3.8) is 0 Å². The van der Waals surface area contributed by atoms with E-state index in [1.807, 2.05) is 0 Å². The maximum absolute atomic E-state index is 3.74. The summed E-state index contributed by atoms with van der Waals surface area (Å²) in [7, 11) is 0. The number of nitrogens with zero attached hydrogens (tertiary/aromatic N) is 1. The van der Waals surface area contributed by atoms with Crippen LogP contribution in [0.25, 0.3) is 0 Å². The van der Waals surface area contributed by atoms with Gasteiger partial charge in [0.1, 0.15) is 0 Å². The minimum Gasteiger partial charge on any atom is -0.313 e. The fourth-order valence-electron chi connectivity index (χ4n) is 2.83. The Labute approximate surface area is 105 Å². The van der Waals surface area contributed by atoms with Crippen LogP contribution in [-0.2, 0) is 0 Å². The number of rotatable bonds is 4. The SMILES string of the molecule is CC1CN(CCNC2CCCCC2)CCS1. The van der Waals surface area contributed by atoms with Gasteiger partial charge in [-0.25, -0.2) is 0 Å². The van der Waals surface area contributed by atoms with Gasteiger partial charge in [-0.3, -0.25) is 0 Å². The molecule has 16 heavy (non-hydrogen) atoms. The van der Waals surface area contributed by atoms with Gasteiger partial charge in [0.2, 0.25) is 0 Å². The van der Waals surface area contributed by atoms with Crippen LogP contribution in [0.15, 0.2) is 0 Å². The fraction of sp³-hybridized carbons (Fsp3) is 1.00. The molecular weight excluding hydrogens is 216 g/mol. The molecule has 1 atom stereocenters. The zero-order valence-corrected chi connectivity index (χ0v) is 11.4. The average Bonchev–Trinajstić information content (AvgIpc) is 2.30. The number of thioether (sulfide) groups is 1. The van der Waals surface area contributed by atoms with E-state index in [1.54, 1.807) is 0 Å². The zero-order valence-electron chi connectivity index (χ0n) is 10.6. The van der Waals surface area contributed by atoms with Crippen molar-refractivity contribution in [3.05, 3.63) is 0 Å². The summed E-state index contributed by atoms with van der Waals surface area (Å²) in [5.41, 5.74) is 0. The van der Waals surface area contributed by atoms with E-state index < -0.39 is 0 Å². The van der Waals surface area contributed by atoms with Crippen LogP contribution in [0.2, 0.25) is 0 Å². The summed E-state index contributed by atoms with van der Waals surface area (Å²) in [5.74, 6) is 1.32. The van der Waals surface area contributed by atoms with Crippen LogP contribution in [0.4, 0.5) is 0 Å². The lowest BCUT2D eigenvalue weighted by Crippen LogP contribution is -2.42. The number of hydrogen-bond donors (Lipinski definition) is 1. The molecule has 1 N–H and O–H groups in total. The molecule has 3 heteroatoms. The van der Waals surface area contributed by atoms with Crippen molar-refractivity contribution in [2.75, 3.05) is 31.9 Å². The highest BCUT2D eigenvalue weighted by Gasteiger charge is 2.17. The second-order valence-electron chi connectivity index (χ2n) is 5.27. The highest BCUT2D eigenvalue weighted by Crippen LogP contribution is 2.18. The molecule has 0 radical (unpaired) electrons. The van der Waals surface area contributed by atoms with E-state index in [2.05, 4.69) is 28.9 Å². The van der Waals surface area contributed by atoms with Crippen LogP contribution in [0.5, 0.6) is 0 Å². The third-order valence-electron chi connectivity index (χ3n) is 3.79. The molecular formula is C13H26N2S. The maximum Gasteiger partial charge on any atom is 0.0147 e. The molecule has 0 aromatic heterocycles. The van der Waals surface area contributed by atoms with E-state index in [0.29, 0.717) is 0 Å². The standard InChI is InChI=1S/C13H26N2S/c1-12-11-15(9-10-16-12)8-7-14-13-5-3-2-4-6-13/h12-14H,2-11H2,1H3. The quantitative estimate of drug-likeness (QED) is 0.815. The van der Waals surface area contributed by atoms with E-state index in [9.17, 15) is 0 Å². The van der Waals surface area contributed by atoms with Crippen molar-refractivity contribution in [2.24, 2.45) is 0 Å². The van der Waals surface area contributed by atoms with Gasteiger partial charge in [-0.05, 0) is 12.8 Å². The topological polar surface area (TPSA) is 15.3 Å². The van der Waals surface area contributed by atoms with E-state index in [4.69, 9.17) is 0 Å². The number of nitrogens with one attached hydrogen (secondary N) is 1. The lowest BCUT2D eigenvalue weighted by Gasteiger charge is -2.31. The molecule has 0 amide bonds. The van der Waals surface area contributed by atoms with Crippen LogP contribution in [0.3, 0.4) is 0 Å². The first-order valence-corrected chi connectivity index (χ1v) is 7.97. The van der Waals surface area contributed by atoms with Crippen molar-refractivity contribution in [1.29, 1.82) is 0 Å². The van der Waals surface area contributed by atoms with Gasteiger partial charge in [0.25, 0.3) is 0 Å². The molecule has 1 aliphatic heterocycles. The van der Waals surface area contributed by atoms with Gasteiger partial charge in [-0.1, -0.05) is 26.2 Å². The van der Waals surface area contributed by atoms with Crippen LogP contribution in [-0.4, -0.2) is 48.1 Å². The first-order valence-electron chi connectivity index (χ1n) is 6.92. The summed E-state index contributed by atoms with van der Waals surface area (Å²) < 4.78 is 0. The lowest BCUT2D eigenvalue weighted by atomic mass is 9.95. The Kier molecular flexibility index (Phi) is 5.46. The van der Waals surface area contributed by atoms with Crippen molar-refractivity contribution in [2.45, 2.75) is 50.3 Å². The first kappa shape index (κ1) is 12.7. The summed E-state index contributed by atoms with van der Waals surface area (Å²) >= 11 is 2.12. The predicted molar refractivity (Wildman–Crippen MR) is 73.2 cm³/mol. The molecule has 1 unspecified atom stereocenters. The van der Waals surface area contributed by atoms with Gasteiger partial charge in [0.15, 0.2) is 0 Å². The van der Waals surface area contributed by atoms with E-state index in [0.717, 1.165) is 11.3 Å². The molecule has 2 rings (SSSR count). The average molecular weight is 242 g/mol. The Morgan fingerprint density at radius 1 is 1.25 bits per heavy atom. The summed E-state index contributed by atoms with van der Waals surface area (Å²) in [4.78, 5) is 2.62. The van der Waals surface area contributed by atoms with Crippen molar-refractivity contribution in [3.8, 4) is 0 Å². The van der Waals surface area contributed by atoms with Gasteiger partial charge in [0.05, 0.1) is 0 Å². The van der Waals surface area contributed by atoms with Crippen LogP contribution in [0.1, 0.15) is 39.0 Å². The Morgan fingerprint density at radius 3 is 2.81 bits per heavy atom. The molecule has 1 saturated heterocycles. The Balaban J connectivity index is 1.56. The predicted octanol–water partition coefficient (Wildman–Crippen LogP) is 2.35. The normalized spacial score (nSPS) is 29.4. The third-order valence-corrected chi connectivity index (χ3v) is 4.93. The fourth-order valence-corrected chi connectivity index (χ4v) is 3.91. The smallest absolute Gasteiger partial charge is 0.0147 e. The zero-order chi connectivity index (χ0) is 11.2. The molecule has 2 aliphatic rings. The molecule has 0 bridgehead atoms. The number of hydrogen-bond acceptors (Lipinski definition) is 3. The summed E-state index contributed by atoms with van der Waals surface area (Å²) in [6.07, 6.45) is 7.15. The highest BCUT2D eigenvalue weighted by atomic mass is 32.2. The molecule has 0 aromatic carbocycles. The maximum atomic E-state index is 3.74. The second-order valence-corrected chi connectivity index (χ2v) is 6.82.